The second kappa shape index (κ2) is 6.50. The molecular weight excluding hydrogens is 214 g/mol. The molecule has 0 aliphatic rings. The molecule has 96 valence electrons. The summed E-state index contributed by atoms with van der Waals surface area (Å²) in [6.45, 7) is 6.96. The smallest absolute Gasteiger partial charge is 0.126 e. The number of nitrogens with two attached hydrogens (primary N) is 1. The lowest BCUT2D eigenvalue weighted by Crippen LogP contribution is -2.18. The number of ether oxygens (including phenoxy) is 2. The van der Waals surface area contributed by atoms with E-state index >= 15 is 0 Å². The molecule has 0 radical (unpaired) electrons. The summed E-state index contributed by atoms with van der Waals surface area (Å²) < 4.78 is 11.0. The maximum Gasteiger partial charge on any atom is 0.126 e. The maximum absolute atomic E-state index is 5.83. The van der Waals surface area contributed by atoms with Crippen LogP contribution < -0.4 is 15.2 Å². The standard InChI is InChI=1S/C14H23NO2/c1-10(2)9-17-14-8-13(16-4)6-5-12(14)7-11(3)15/h5-6,8,10-11H,7,9,15H2,1-4H3. The molecule has 17 heavy (non-hydrogen) atoms. The summed E-state index contributed by atoms with van der Waals surface area (Å²) in [7, 11) is 1.66. The van der Waals surface area contributed by atoms with Gasteiger partial charge in [-0.05, 0) is 30.9 Å². The van der Waals surface area contributed by atoms with Crippen molar-refractivity contribution in [3.63, 3.8) is 0 Å². The van der Waals surface area contributed by atoms with Crippen molar-refractivity contribution in [2.75, 3.05) is 13.7 Å². The Hall–Kier alpha value is -1.22. The van der Waals surface area contributed by atoms with Crippen LogP contribution >= 0.6 is 0 Å². The summed E-state index contributed by atoms with van der Waals surface area (Å²) in [6.07, 6.45) is 0.817. The van der Waals surface area contributed by atoms with Crippen LogP contribution in [0.25, 0.3) is 0 Å². The van der Waals surface area contributed by atoms with Gasteiger partial charge < -0.3 is 15.2 Å². The lowest BCUT2D eigenvalue weighted by atomic mass is 10.1. The van der Waals surface area contributed by atoms with Crippen LogP contribution in [0.4, 0.5) is 0 Å². The number of rotatable bonds is 6. The van der Waals surface area contributed by atoms with Gasteiger partial charge in [0.1, 0.15) is 11.5 Å². The van der Waals surface area contributed by atoms with Gasteiger partial charge in [-0.15, -0.1) is 0 Å². The zero-order chi connectivity index (χ0) is 12.8. The van der Waals surface area contributed by atoms with Gasteiger partial charge >= 0.3 is 0 Å². The van der Waals surface area contributed by atoms with E-state index in [1.54, 1.807) is 7.11 Å². The van der Waals surface area contributed by atoms with E-state index in [1.165, 1.54) is 0 Å². The van der Waals surface area contributed by atoms with E-state index in [1.807, 2.05) is 25.1 Å². The second-order valence-corrected chi connectivity index (χ2v) is 4.86. The Balaban J connectivity index is 2.86. The monoisotopic (exact) mass is 237 g/mol. The van der Waals surface area contributed by atoms with Crippen LogP contribution in [-0.2, 0) is 6.42 Å². The minimum Gasteiger partial charge on any atom is -0.497 e. The van der Waals surface area contributed by atoms with E-state index < -0.39 is 0 Å². The molecule has 0 spiro atoms. The minimum atomic E-state index is 0.129. The SMILES string of the molecule is COc1ccc(CC(C)N)c(OCC(C)C)c1. The molecule has 0 saturated heterocycles. The van der Waals surface area contributed by atoms with Crippen LogP contribution in [-0.4, -0.2) is 19.8 Å². The first kappa shape index (κ1) is 13.8. The quantitative estimate of drug-likeness (QED) is 0.827. The average molecular weight is 237 g/mol. The summed E-state index contributed by atoms with van der Waals surface area (Å²) in [6, 6.07) is 6.03. The average Bonchev–Trinajstić information content (AvgIpc) is 2.27. The Labute approximate surface area is 104 Å². The van der Waals surface area contributed by atoms with Crippen molar-refractivity contribution in [2.24, 2.45) is 11.7 Å². The third-order valence-electron chi connectivity index (χ3n) is 2.39. The van der Waals surface area contributed by atoms with Gasteiger partial charge in [-0.2, -0.15) is 0 Å². The fourth-order valence-corrected chi connectivity index (χ4v) is 1.57. The maximum atomic E-state index is 5.83. The van der Waals surface area contributed by atoms with Crippen molar-refractivity contribution in [1.82, 2.24) is 0 Å². The molecule has 1 rings (SSSR count). The van der Waals surface area contributed by atoms with E-state index in [4.69, 9.17) is 15.2 Å². The van der Waals surface area contributed by atoms with Gasteiger partial charge in [0.25, 0.3) is 0 Å². The summed E-state index contributed by atoms with van der Waals surface area (Å²) >= 11 is 0. The highest BCUT2D eigenvalue weighted by Crippen LogP contribution is 2.26. The number of methoxy groups -OCH3 is 1. The van der Waals surface area contributed by atoms with E-state index in [-0.39, 0.29) is 6.04 Å². The van der Waals surface area contributed by atoms with Crippen molar-refractivity contribution in [3.05, 3.63) is 23.8 Å². The van der Waals surface area contributed by atoms with Crippen molar-refractivity contribution in [3.8, 4) is 11.5 Å². The van der Waals surface area contributed by atoms with Gasteiger partial charge in [0.15, 0.2) is 0 Å². The molecule has 0 aliphatic carbocycles. The fraction of sp³-hybridized carbons (Fsp3) is 0.571. The van der Waals surface area contributed by atoms with E-state index in [9.17, 15) is 0 Å². The van der Waals surface area contributed by atoms with Crippen molar-refractivity contribution < 1.29 is 9.47 Å². The first-order valence-electron chi connectivity index (χ1n) is 6.08. The molecule has 0 aromatic heterocycles. The molecule has 0 fully saturated rings. The summed E-state index contributed by atoms with van der Waals surface area (Å²) in [4.78, 5) is 0. The molecule has 1 aromatic carbocycles. The van der Waals surface area contributed by atoms with Gasteiger partial charge in [-0.25, -0.2) is 0 Å². The molecule has 0 saturated carbocycles. The van der Waals surface area contributed by atoms with E-state index in [2.05, 4.69) is 13.8 Å². The van der Waals surface area contributed by atoms with Crippen LogP contribution in [0.5, 0.6) is 11.5 Å². The normalized spacial score (nSPS) is 12.6. The van der Waals surface area contributed by atoms with Gasteiger partial charge in [0.2, 0.25) is 0 Å². The lowest BCUT2D eigenvalue weighted by molar-refractivity contribution is 0.266. The lowest BCUT2D eigenvalue weighted by Gasteiger charge is -2.15. The largest absolute Gasteiger partial charge is 0.497 e. The Kier molecular flexibility index (Phi) is 5.29. The highest BCUT2D eigenvalue weighted by Gasteiger charge is 2.08. The molecule has 1 atom stereocenters. The van der Waals surface area contributed by atoms with E-state index in [0.717, 1.165) is 23.5 Å². The van der Waals surface area contributed by atoms with Crippen LogP contribution in [0.2, 0.25) is 0 Å². The third kappa shape index (κ3) is 4.65. The molecule has 1 unspecified atom stereocenters. The summed E-state index contributed by atoms with van der Waals surface area (Å²) in [5, 5.41) is 0. The van der Waals surface area contributed by atoms with Crippen molar-refractivity contribution in [1.29, 1.82) is 0 Å². The Bertz CT molecular complexity index is 348. The molecule has 0 heterocycles. The molecule has 0 bridgehead atoms. The molecule has 3 heteroatoms. The summed E-state index contributed by atoms with van der Waals surface area (Å²) in [5.74, 6) is 2.21. The van der Waals surface area contributed by atoms with Gasteiger partial charge in [0.05, 0.1) is 13.7 Å². The van der Waals surface area contributed by atoms with Gasteiger partial charge in [-0.3, -0.25) is 0 Å². The van der Waals surface area contributed by atoms with Crippen LogP contribution in [0.15, 0.2) is 18.2 Å². The van der Waals surface area contributed by atoms with Crippen LogP contribution in [0.1, 0.15) is 26.3 Å². The van der Waals surface area contributed by atoms with Gasteiger partial charge in [0, 0.05) is 12.1 Å². The minimum absolute atomic E-state index is 0.129. The molecule has 0 aliphatic heterocycles. The zero-order valence-corrected chi connectivity index (χ0v) is 11.2. The molecular formula is C14H23NO2. The predicted molar refractivity (Wildman–Crippen MR) is 70.7 cm³/mol. The summed E-state index contributed by atoms with van der Waals surface area (Å²) in [5.41, 5.74) is 6.97. The Morgan fingerprint density at radius 3 is 2.47 bits per heavy atom. The third-order valence-corrected chi connectivity index (χ3v) is 2.39. The fourth-order valence-electron chi connectivity index (χ4n) is 1.57. The first-order valence-corrected chi connectivity index (χ1v) is 6.08. The topological polar surface area (TPSA) is 44.5 Å². The molecule has 1 aromatic rings. The predicted octanol–water partition coefficient (Wildman–Crippen LogP) is 2.62. The van der Waals surface area contributed by atoms with Gasteiger partial charge in [-0.1, -0.05) is 19.9 Å². The molecule has 3 nitrogen and oxygen atoms in total. The first-order chi connectivity index (χ1) is 8.02. The Morgan fingerprint density at radius 2 is 1.94 bits per heavy atom. The highest BCUT2D eigenvalue weighted by molar-refractivity contribution is 5.41. The van der Waals surface area contributed by atoms with Crippen molar-refractivity contribution >= 4 is 0 Å². The van der Waals surface area contributed by atoms with Crippen LogP contribution in [0.3, 0.4) is 0 Å². The van der Waals surface area contributed by atoms with Crippen molar-refractivity contribution in [2.45, 2.75) is 33.2 Å². The van der Waals surface area contributed by atoms with Crippen LogP contribution in [0, 0.1) is 5.92 Å². The Morgan fingerprint density at radius 1 is 1.24 bits per heavy atom. The number of hydrogen-bond donors (Lipinski definition) is 1. The molecule has 0 amide bonds. The van der Waals surface area contributed by atoms with E-state index in [0.29, 0.717) is 12.5 Å². The molecule has 2 N–H and O–H groups in total. The number of hydrogen-bond acceptors (Lipinski definition) is 3. The highest BCUT2D eigenvalue weighted by atomic mass is 16.5. The number of benzene rings is 1. The zero-order valence-electron chi connectivity index (χ0n) is 11.2. The second-order valence-electron chi connectivity index (χ2n) is 4.86.